The van der Waals surface area contributed by atoms with E-state index in [9.17, 15) is 19.1 Å². The summed E-state index contributed by atoms with van der Waals surface area (Å²) in [6.07, 6.45) is 1.90. The van der Waals surface area contributed by atoms with Crippen LogP contribution in [0.5, 0.6) is 5.75 Å². The number of hydrogen-bond acceptors (Lipinski definition) is 4. The number of phenols is 1. The molecule has 154 valence electrons. The van der Waals surface area contributed by atoms with Crippen molar-refractivity contribution < 1.29 is 19.1 Å². The molecule has 2 aromatic carbocycles. The third kappa shape index (κ3) is 4.17. The van der Waals surface area contributed by atoms with Crippen LogP contribution in [0.1, 0.15) is 36.9 Å². The van der Waals surface area contributed by atoms with Crippen molar-refractivity contribution in [2.24, 2.45) is 0 Å². The van der Waals surface area contributed by atoms with E-state index in [1.165, 1.54) is 23.7 Å². The smallest absolute Gasteiger partial charge is 0.342 e. The van der Waals surface area contributed by atoms with E-state index in [1.54, 1.807) is 36.4 Å². The highest BCUT2D eigenvalue weighted by molar-refractivity contribution is 5.90. The molecule has 1 aliphatic carbocycles. The summed E-state index contributed by atoms with van der Waals surface area (Å²) in [6, 6.07) is 12.2. The molecule has 0 unspecified atom stereocenters. The first-order valence-electron chi connectivity index (χ1n) is 9.65. The van der Waals surface area contributed by atoms with Crippen LogP contribution in [0.4, 0.5) is 14.9 Å². The fraction of sp³-hybridized carbons (Fsp3) is 0.227. The summed E-state index contributed by atoms with van der Waals surface area (Å²) in [5.74, 6) is -0.418. The quantitative estimate of drug-likeness (QED) is 0.556. The number of benzene rings is 2. The summed E-state index contributed by atoms with van der Waals surface area (Å²) < 4.78 is 15.1. The Bertz CT molecular complexity index is 1120. The van der Waals surface area contributed by atoms with E-state index in [1.807, 2.05) is 0 Å². The Morgan fingerprint density at radius 3 is 2.67 bits per heavy atom. The van der Waals surface area contributed by atoms with E-state index in [2.05, 4.69) is 15.7 Å². The van der Waals surface area contributed by atoms with Gasteiger partial charge in [0.15, 0.2) is 0 Å². The van der Waals surface area contributed by atoms with Crippen molar-refractivity contribution in [2.45, 2.75) is 32.2 Å². The van der Waals surface area contributed by atoms with Gasteiger partial charge in [-0.3, -0.25) is 4.79 Å². The highest BCUT2D eigenvalue weighted by Crippen LogP contribution is 2.42. The number of anilines is 1. The summed E-state index contributed by atoms with van der Waals surface area (Å²) in [7, 11) is 0. The largest absolute Gasteiger partial charge is 0.507 e. The Balaban J connectivity index is 1.62. The van der Waals surface area contributed by atoms with E-state index in [0.29, 0.717) is 22.5 Å². The fourth-order valence-corrected chi connectivity index (χ4v) is 3.27. The summed E-state index contributed by atoms with van der Waals surface area (Å²) in [4.78, 5) is 24.1. The molecular weight excluding hydrogens is 387 g/mol. The Morgan fingerprint density at radius 2 is 1.97 bits per heavy atom. The second-order valence-corrected chi connectivity index (χ2v) is 7.30. The molecule has 30 heavy (non-hydrogen) atoms. The normalized spacial score (nSPS) is 13.1. The molecule has 8 heteroatoms. The maximum atomic E-state index is 13.8. The summed E-state index contributed by atoms with van der Waals surface area (Å²) in [6.45, 7) is 1.43. The van der Waals surface area contributed by atoms with E-state index >= 15 is 0 Å². The molecule has 0 bridgehead atoms. The molecular formula is C22H21FN4O3. The number of phenolic OH excluding ortho intramolecular Hbond substituents is 1. The summed E-state index contributed by atoms with van der Waals surface area (Å²) >= 11 is 0. The molecule has 4 rings (SSSR count). The molecule has 1 aliphatic rings. The van der Waals surface area contributed by atoms with Gasteiger partial charge in [0.2, 0.25) is 5.91 Å². The number of carbonyl (C=O) groups excluding carboxylic acids is 2. The van der Waals surface area contributed by atoms with Crippen molar-refractivity contribution >= 4 is 17.6 Å². The lowest BCUT2D eigenvalue weighted by molar-refractivity contribution is -0.114. The van der Waals surface area contributed by atoms with Gasteiger partial charge in [0.05, 0.1) is 11.4 Å². The Labute approximate surface area is 172 Å². The Morgan fingerprint density at radius 1 is 1.20 bits per heavy atom. The van der Waals surface area contributed by atoms with Crippen molar-refractivity contribution in [3.63, 3.8) is 0 Å². The van der Waals surface area contributed by atoms with Gasteiger partial charge in [-0.2, -0.15) is 9.78 Å². The topological polar surface area (TPSA) is 96.2 Å². The minimum absolute atomic E-state index is 0.0112. The predicted octanol–water partition coefficient (Wildman–Crippen LogP) is 3.99. The van der Waals surface area contributed by atoms with Gasteiger partial charge in [0, 0.05) is 36.2 Å². The second kappa shape index (κ2) is 7.98. The van der Waals surface area contributed by atoms with Gasteiger partial charge in [0.25, 0.3) is 0 Å². The lowest BCUT2D eigenvalue weighted by Gasteiger charge is -2.08. The van der Waals surface area contributed by atoms with E-state index in [-0.39, 0.29) is 29.9 Å². The number of aromatic hydroxyl groups is 1. The van der Waals surface area contributed by atoms with Crippen LogP contribution in [-0.2, 0) is 11.3 Å². The average molecular weight is 408 g/mol. The first-order chi connectivity index (χ1) is 14.4. The van der Waals surface area contributed by atoms with Crippen LogP contribution >= 0.6 is 0 Å². The van der Waals surface area contributed by atoms with Crippen LogP contribution in [0, 0.1) is 5.82 Å². The molecule has 7 nitrogen and oxygen atoms in total. The lowest BCUT2D eigenvalue weighted by Crippen LogP contribution is -2.30. The minimum Gasteiger partial charge on any atom is -0.507 e. The minimum atomic E-state index is -0.469. The van der Waals surface area contributed by atoms with Gasteiger partial charge in [-0.25, -0.2) is 9.18 Å². The molecule has 1 saturated carbocycles. The summed E-state index contributed by atoms with van der Waals surface area (Å²) in [5.41, 5.74) is 2.46. The molecule has 2 amide bonds. The number of rotatable bonds is 5. The molecule has 0 atom stereocenters. The standard InChI is InChI=1S/C22H21FN4O3/c1-13(28)25-16-8-9-21(29)17(10-16)19-11-20(14-6-7-14)27(26-19)22(30)24-12-15-4-2-3-5-18(15)23/h2-5,8-11,14,29H,6-7,12H2,1H3,(H,24,30)(H,25,28). The van der Waals surface area contributed by atoms with E-state index in [4.69, 9.17) is 0 Å². The van der Waals surface area contributed by atoms with Crippen LogP contribution in [-0.4, -0.2) is 26.8 Å². The zero-order chi connectivity index (χ0) is 21.3. The zero-order valence-corrected chi connectivity index (χ0v) is 16.4. The maximum Gasteiger partial charge on any atom is 0.342 e. The molecule has 0 saturated heterocycles. The number of amides is 2. The molecule has 1 heterocycles. The van der Waals surface area contributed by atoms with Crippen LogP contribution in [0.25, 0.3) is 11.3 Å². The number of hydrogen-bond donors (Lipinski definition) is 3. The number of carbonyl (C=O) groups is 2. The number of aromatic nitrogens is 2. The highest BCUT2D eigenvalue weighted by Gasteiger charge is 2.30. The second-order valence-electron chi connectivity index (χ2n) is 7.30. The van der Waals surface area contributed by atoms with Crippen molar-refractivity contribution in [1.29, 1.82) is 0 Å². The maximum absolute atomic E-state index is 13.8. The molecule has 3 N–H and O–H groups in total. The lowest BCUT2D eigenvalue weighted by atomic mass is 10.1. The van der Waals surface area contributed by atoms with Crippen molar-refractivity contribution in [3.05, 3.63) is 65.6 Å². The number of nitrogens with zero attached hydrogens (tertiary/aromatic N) is 2. The third-order valence-corrected chi connectivity index (χ3v) is 4.91. The highest BCUT2D eigenvalue weighted by atomic mass is 19.1. The predicted molar refractivity (Wildman–Crippen MR) is 110 cm³/mol. The van der Waals surface area contributed by atoms with Gasteiger partial charge in [-0.1, -0.05) is 18.2 Å². The van der Waals surface area contributed by atoms with E-state index < -0.39 is 6.03 Å². The van der Waals surface area contributed by atoms with Gasteiger partial charge >= 0.3 is 6.03 Å². The SMILES string of the molecule is CC(=O)Nc1ccc(O)c(-c2cc(C3CC3)n(C(=O)NCc3ccccc3F)n2)c1. The molecule has 1 aromatic heterocycles. The molecule has 3 aromatic rings. The molecule has 0 spiro atoms. The Kier molecular flexibility index (Phi) is 5.22. The Hall–Kier alpha value is -3.68. The van der Waals surface area contributed by atoms with Crippen LogP contribution in [0.3, 0.4) is 0 Å². The zero-order valence-electron chi connectivity index (χ0n) is 16.4. The van der Waals surface area contributed by atoms with Crippen LogP contribution in [0.2, 0.25) is 0 Å². The fourth-order valence-electron chi connectivity index (χ4n) is 3.27. The molecule has 0 radical (unpaired) electrons. The van der Waals surface area contributed by atoms with Gasteiger partial charge in [-0.05, 0) is 43.2 Å². The summed E-state index contributed by atoms with van der Waals surface area (Å²) in [5, 5.41) is 20.1. The monoisotopic (exact) mass is 408 g/mol. The van der Waals surface area contributed by atoms with Gasteiger partial charge < -0.3 is 15.7 Å². The number of nitrogens with one attached hydrogen (secondary N) is 2. The van der Waals surface area contributed by atoms with Crippen LogP contribution in [0.15, 0.2) is 48.5 Å². The molecule has 0 aliphatic heterocycles. The number of halogens is 1. The van der Waals surface area contributed by atoms with Crippen LogP contribution < -0.4 is 10.6 Å². The van der Waals surface area contributed by atoms with Gasteiger partial charge in [-0.15, -0.1) is 0 Å². The average Bonchev–Trinajstić information content (AvgIpc) is 3.46. The van der Waals surface area contributed by atoms with Gasteiger partial charge in [0.1, 0.15) is 11.6 Å². The first-order valence-corrected chi connectivity index (χ1v) is 9.65. The molecule has 1 fully saturated rings. The van der Waals surface area contributed by atoms with E-state index in [0.717, 1.165) is 18.5 Å². The van der Waals surface area contributed by atoms with Crippen molar-refractivity contribution in [1.82, 2.24) is 15.1 Å². The first kappa shape index (κ1) is 19.6. The van der Waals surface area contributed by atoms with Crippen molar-refractivity contribution in [3.8, 4) is 17.0 Å². The third-order valence-electron chi connectivity index (χ3n) is 4.91. The van der Waals surface area contributed by atoms with Crippen molar-refractivity contribution in [2.75, 3.05) is 5.32 Å².